The molecule has 0 aliphatic heterocycles. The first kappa shape index (κ1) is 24.5. The summed E-state index contributed by atoms with van der Waals surface area (Å²) in [6.07, 6.45) is -0.723. The van der Waals surface area contributed by atoms with E-state index in [4.69, 9.17) is 10.5 Å². The number of aryl methyl sites for hydroxylation is 1. The second-order valence-electron chi connectivity index (χ2n) is 7.04. The number of anilines is 1. The van der Waals surface area contributed by atoms with Crippen LogP contribution in [-0.4, -0.2) is 31.0 Å². The van der Waals surface area contributed by atoms with Gasteiger partial charge in [0.05, 0.1) is 11.3 Å². The number of carbonyl (C=O) groups is 2. The van der Waals surface area contributed by atoms with Crippen LogP contribution in [0.1, 0.15) is 48.2 Å². The standard InChI is InChI=1S/C22H29N3O3.ClH/c1-14(2)17-10-9-15(3)13-20(17)28-16(4)21(26)25-19-8-6-5-7-18(19)22(27)24-12-11-23;/h5-10,13-14,16H,11-12,23H2,1-4H3,(H,24,27)(H,25,26);1H. The summed E-state index contributed by atoms with van der Waals surface area (Å²) in [5, 5.41) is 5.51. The van der Waals surface area contributed by atoms with Crippen LogP contribution >= 0.6 is 12.4 Å². The highest BCUT2D eigenvalue weighted by atomic mass is 35.5. The molecule has 0 saturated carbocycles. The van der Waals surface area contributed by atoms with Gasteiger partial charge in [0.15, 0.2) is 6.10 Å². The van der Waals surface area contributed by atoms with E-state index in [-0.39, 0.29) is 30.1 Å². The Morgan fingerprint density at radius 1 is 1.10 bits per heavy atom. The average molecular weight is 420 g/mol. The molecule has 7 heteroatoms. The van der Waals surface area contributed by atoms with Crippen molar-refractivity contribution in [3.8, 4) is 5.75 Å². The van der Waals surface area contributed by atoms with Crippen LogP contribution in [0.4, 0.5) is 5.69 Å². The molecule has 2 aromatic rings. The van der Waals surface area contributed by atoms with Crippen LogP contribution in [0.5, 0.6) is 5.75 Å². The highest BCUT2D eigenvalue weighted by Gasteiger charge is 2.20. The summed E-state index contributed by atoms with van der Waals surface area (Å²) < 4.78 is 5.96. The molecule has 1 atom stereocenters. The lowest BCUT2D eigenvalue weighted by molar-refractivity contribution is -0.122. The van der Waals surface area contributed by atoms with Crippen molar-refractivity contribution in [1.82, 2.24) is 5.32 Å². The summed E-state index contributed by atoms with van der Waals surface area (Å²) in [7, 11) is 0. The number of hydrogen-bond donors (Lipinski definition) is 3. The van der Waals surface area contributed by atoms with E-state index < -0.39 is 6.10 Å². The first-order valence-corrected chi connectivity index (χ1v) is 9.48. The lowest BCUT2D eigenvalue weighted by Crippen LogP contribution is -2.33. The molecule has 0 spiro atoms. The Kier molecular flexibility index (Phi) is 9.65. The molecule has 4 N–H and O–H groups in total. The minimum absolute atomic E-state index is 0. The minimum Gasteiger partial charge on any atom is -0.481 e. The molecule has 2 rings (SSSR count). The van der Waals surface area contributed by atoms with Gasteiger partial charge in [-0.3, -0.25) is 9.59 Å². The van der Waals surface area contributed by atoms with Gasteiger partial charge in [-0.25, -0.2) is 0 Å². The molecular weight excluding hydrogens is 390 g/mol. The number of rotatable bonds is 8. The third-order valence-corrected chi connectivity index (χ3v) is 4.32. The molecule has 2 aromatic carbocycles. The van der Waals surface area contributed by atoms with E-state index in [1.807, 2.05) is 25.1 Å². The van der Waals surface area contributed by atoms with Crippen molar-refractivity contribution in [2.45, 2.75) is 39.7 Å². The van der Waals surface area contributed by atoms with Crippen molar-refractivity contribution in [2.24, 2.45) is 5.73 Å². The molecule has 29 heavy (non-hydrogen) atoms. The monoisotopic (exact) mass is 419 g/mol. The Morgan fingerprint density at radius 3 is 2.45 bits per heavy atom. The lowest BCUT2D eigenvalue weighted by Gasteiger charge is -2.20. The summed E-state index contributed by atoms with van der Waals surface area (Å²) in [6.45, 7) is 8.56. The zero-order chi connectivity index (χ0) is 20.7. The number of para-hydroxylation sites is 1. The zero-order valence-corrected chi connectivity index (χ0v) is 18.1. The van der Waals surface area contributed by atoms with Crippen molar-refractivity contribution in [2.75, 3.05) is 18.4 Å². The number of carbonyl (C=O) groups excluding carboxylic acids is 2. The van der Waals surface area contributed by atoms with Gasteiger partial charge in [-0.1, -0.05) is 38.1 Å². The van der Waals surface area contributed by atoms with Gasteiger partial charge in [-0.05, 0) is 49.1 Å². The summed E-state index contributed by atoms with van der Waals surface area (Å²) in [6, 6.07) is 12.8. The third kappa shape index (κ3) is 6.76. The van der Waals surface area contributed by atoms with Crippen molar-refractivity contribution in [3.05, 3.63) is 59.2 Å². The van der Waals surface area contributed by atoms with Crippen molar-refractivity contribution in [3.63, 3.8) is 0 Å². The summed E-state index contributed by atoms with van der Waals surface area (Å²) in [5.41, 5.74) is 8.36. The van der Waals surface area contributed by atoms with Crippen LogP contribution in [0.2, 0.25) is 0 Å². The quantitative estimate of drug-likeness (QED) is 0.609. The third-order valence-electron chi connectivity index (χ3n) is 4.32. The molecule has 2 amide bonds. The Morgan fingerprint density at radius 2 is 1.79 bits per heavy atom. The summed E-state index contributed by atoms with van der Waals surface area (Å²) >= 11 is 0. The molecule has 0 heterocycles. The number of benzene rings is 2. The zero-order valence-electron chi connectivity index (χ0n) is 17.3. The molecule has 158 valence electrons. The fourth-order valence-corrected chi connectivity index (χ4v) is 2.77. The second kappa shape index (κ2) is 11.4. The molecule has 1 unspecified atom stereocenters. The highest BCUT2D eigenvalue weighted by Crippen LogP contribution is 2.28. The maximum absolute atomic E-state index is 12.7. The highest BCUT2D eigenvalue weighted by molar-refractivity contribution is 6.04. The molecule has 0 fully saturated rings. The summed E-state index contributed by atoms with van der Waals surface area (Å²) in [5.74, 6) is 0.371. The number of amides is 2. The van der Waals surface area contributed by atoms with Crippen molar-refractivity contribution < 1.29 is 14.3 Å². The van der Waals surface area contributed by atoms with Crippen molar-refractivity contribution in [1.29, 1.82) is 0 Å². The van der Waals surface area contributed by atoms with Gasteiger partial charge in [-0.15, -0.1) is 12.4 Å². The lowest BCUT2D eigenvalue weighted by atomic mass is 10.0. The minimum atomic E-state index is -0.723. The predicted molar refractivity (Wildman–Crippen MR) is 119 cm³/mol. The molecule has 0 aliphatic carbocycles. The number of hydrogen-bond acceptors (Lipinski definition) is 4. The Hall–Kier alpha value is -2.57. The van der Waals surface area contributed by atoms with Crippen LogP contribution in [0.3, 0.4) is 0 Å². The van der Waals surface area contributed by atoms with Gasteiger partial charge in [-0.2, -0.15) is 0 Å². The predicted octanol–water partition coefficient (Wildman–Crippen LogP) is 3.63. The van der Waals surface area contributed by atoms with E-state index in [0.29, 0.717) is 30.1 Å². The number of halogens is 1. The molecule has 6 nitrogen and oxygen atoms in total. The second-order valence-corrected chi connectivity index (χ2v) is 7.04. The molecule has 0 saturated heterocycles. The van der Waals surface area contributed by atoms with Gasteiger partial charge < -0.3 is 21.1 Å². The summed E-state index contributed by atoms with van der Waals surface area (Å²) in [4.78, 5) is 25.0. The van der Waals surface area contributed by atoms with Gasteiger partial charge in [0.1, 0.15) is 5.75 Å². The Bertz CT molecular complexity index is 840. The van der Waals surface area contributed by atoms with E-state index in [2.05, 4.69) is 24.5 Å². The maximum Gasteiger partial charge on any atom is 0.265 e. The fourth-order valence-electron chi connectivity index (χ4n) is 2.77. The normalized spacial score (nSPS) is 11.4. The SMILES string of the molecule is Cc1ccc(C(C)C)c(OC(C)C(=O)Nc2ccccc2C(=O)NCCN)c1.Cl. The molecule has 0 aliphatic rings. The van der Waals surface area contributed by atoms with Gasteiger partial charge >= 0.3 is 0 Å². The van der Waals surface area contributed by atoms with Gasteiger partial charge in [0.2, 0.25) is 0 Å². The van der Waals surface area contributed by atoms with Crippen LogP contribution in [-0.2, 0) is 4.79 Å². The Labute approximate surface area is 178 Å². The average Bonchev–Trinajstić information content (AvgIpc) is 2.66. The van der Waals surface area contributed by atoms with Gasteiger partial charge in [0, 0.05) is 13.1 Å². The van der Waals surface area contributed by atoms with Crippen LogP contribution < -0.4 is 21.1 Å². The van der Waals surface area contributed by atoms with E-state index in [0.717, 1.165) is 11.1 Å². The van der Waals surface area contributed by atoms with Gasteiger partial charge in [0.25, 0.3) is 11.8 Å². The van der Waals surface area contributed by atoms with Crippen molar-refractivity contribution >= 4 is 29.9 Å². The molecular formula is C22H30ClN3O3. The topological polar surface area (TPSA) is 93.4 Å². The number of ether oxygens (including phenoxy) is 1. The maximum atomic E-state index is 12.7. The molecule has 0 aromatic heterocycles. The first-order valence-electron chi connectivity index (χ1n) is 9.48. The van der Waals surface area contributed by atoms with Crippen LogP contribution in [0, 0.1) is 6.92 Å². The molecule has 0 bridgehead atoms. The van der Waals surface area contributed by atoms with E-state index >= 15 is 0 Å². The van der Waals surface area contributed by atoms with Crippen LogP contribution in [0.15, 0.2) is 42.5 Å². The number of nitrogens with two attached hydrogens (primary N) is 1. The largest absolute Gasteiger partial charge is 0.481 e. The van der Waals surface area contributed by atoms with E-state index in [1.165, 1.54) is 0 Å². The number of nitrogens with one attached hydrogen (secondary N) is 2. The smallest absolute Gasteiger partial charge is 0.265 e. The first-order chi connectivity index (χ1) is 13.3. The Balaban J connectivity index is 0.00000420. The fraction of sp³-hybridized carbons (Fsp3) is 0.364. The van der Waals surface area contributed by atoms with Crippen LogP contribution in [0.25, 0.3) is 0 Å². The molecule has 0 radical (unpaired) electrons. The van der Waals surface area contributed by atoms with E-state index in [1.54, 1.807) is 31.2 Å². The van der Waals surface area contributed by atoms with E-state index in [9.17, 15) is 9.59 Å².